The lowest BCUT2D eigenvalue weighted by Gasteiger charge is -2.21. The zero-order valence-electron chi connectivity index (χ0n) is 11.9. The molecule has 1 atom stereocenters. The zero-order chi connectivity index (χ0) is 13.7. The smallest absolute Gasteiger partial charge is 0.234 e. The van der Waals surface area contributed by atoms with Crippen molar-refractivity contribution >= 4 is 16.3 Å². The van der Waals surface area contributed by atoms with Crippen molar-refractivity contribution in [2.75, 3.05) is 0 Å². The van der Waals surface area contributed by atoms with Crippen LogP contribution in [0.25, 0.3) is 4.96 Å². The molecule has 0 bridgehead atoms. The average molecular weight is 291 g/mol. The summed E-state index contributed by atoms with van der Waals surface area (Å²) >= 11 is 1.61. The number of fused-ring (bicyclic) bond motifs is 1. The predicted molar refractivity (Wildman–Crippen MR) is 78.7 cm³/mol. The minimum Gasteiger partial charge on any atom is -0.319 e. The Morgan fingerprint density at radius 3 is 2.60 bits per heavy atom. The molecule has 2 fully saturated rings. The molecular weight excluding hydrogens is 270 g/mol. The number of hydrogen-bond donors (Lipinski definition) is 1. The molecule has 0 radical (unpaired) electrons. The zero-order valence-corrected chi connectivity index (χ0v) is 12.7. The molecular formula is C14H21N5S. The molecule has 0 aliphatic heterocycles. The molecule has 20 heavy (non-hydrogen) atoms. The van der Waals surface area contributed by atoms with Gasteiger partial charge in [0.1, 0.15) is 5.01 Å². The first-order chi connectivity index (χ1) is 9.66. The van der Waals surface area contributed by atoms with Gasteiger partial charge in [-0.15, -0.1) is 10.2 Å². The van der Waals surface area contributed by atoms with Crippen LogP contribution in [-0.4, -0.2) is 19.8 Å². The summed E-state index contributed by atoms with van der Waals surface area (Å²) in [6.07, 6.45) is 8.83. The highest BCUT2D eigenvalue weighted by Gasteiger charge is 2.42. The normalized spacial score (nSPS) is 24.1. The lowest BCUT2D eigenvalue weighted by Crippen LogP contribution is -2.35. The number of nitrogens with two attached hydrogens (primary N) is 1. The van der Waals surface area contributed by atoms with E-state index in [-0.39, 0.29) is 5.54 Å². The largest absolute Gasteiger partial charge is 0.319 e. The van der Waals surface area contributed by atoms with Gasteiger partial charge in [0.25, 0.3) is 0 Å². The lowest BCUT2D eigenvalue weighted by atomic mass is 9.89. The van der Waals surface area contributed by atoms with E-state index >= 15 is 0 Å². The van der Waals surface area contributed by atoms with Gasteiger partial charge in [0.15, 0.2) is 5.82 Å². The number of hydrogen-bond acceptors (Lipinski definition) is 5. The van der Waals surface area contributed by atoms with Gasteiger partial charge in [0, 0.05) is 5.92 Å². The molecule has 1 unspecified atom stereocenters. The third-order valence-corrected chi connectivity index (χ3v) is 6.02. The Labute approximate surface area is 122 Å². The number of nitrogens with zero attached hydrogens (tertiary/aromatic N) is 4. The van der Waals surface area contributed by atoms with Crippen molar-refractivity contribution in [1.29, 1.82) is 0 Å². The maximum Gasteiger partial charge on any atom is 0.234 e. The quantitative estimate of drug-likeness (QED) is 0.944. The topological polar surface area (TPSA) is 69.1 Å². The van der Waals surface area contributed by atoms with Crippen LogP contribution in [-0.2, 0) is 5.54 Å². The van der Waals surface area contributed by atoms with E-state index < -0.39 is 0 Å². The van der Waals surface area contributed by atoms with Crippen molar-refractivity contribution in [3.8, 4) is 0 Å². The van der Waals surface area contributed by atoms with E-state index in [9.17, 15) is 0 Å². The molecule has 0 spiro atoms. The Balaban J connectivity index is 1.71. The molecule has 2 aromatic heterocycles. The van der Waals surface area contributed by atoms with E-state index in [2.05, 4.69) is 17.1 Å². The molecule has 2 heterocycles. The molecule has 2 aliphatic rings. The minimum atomic E-state index is -0.296. The van der Waals surface area contributed by atoms with E-state index in [1.807, 2.05) is 4.52 Å². The monoisotopic (exact) mass is 291 g/mol. The fraction of sp³-hybridized carbons (Fsp3) is 0.786. The molecule has 4 rings (SSSR count). The molecule has 0 aromatic carbocycles. The highest BCUT2D eigenvalue weighted by Crippen LogP contribution is 2.45. The van der Waals surface area contributed by atoms with E-state index in [1.54, 1.807) is 11.3 Å². The summed E-state index contributed by atoms with van der Waals surface area (Å²) in [4.78, 5) is 0.901. The summed E-state index contributed by atoms with van der Waals surface area (Å²) in [5.41, 5.74) is 6.18. The van der Waals surface area contributed by atoms with Gasteiger partial charge in [-0.05, 0) is 38.5 Å². The van der Waals surface area contributed by atoms with Crippen LogP contribution in [0.2, 0.25) is 0 Å². The van der Waals surface area contributed by atoms with Crippen molar-refractivity contribution in [2.24, 2.45) is 11.7 Å². The lowest BCUT2D eigenvalue weighted by molar-refractivity contribution is 0.409. The summed E-state index contributed by atoms with van der Waals surface area (Å²) in [7, 11) is 0. The summed E-state index contributed by atoms with van der Waals surface area (Å²) in [5, 5.41) is 14.5. The van der Waals surface area contributed by atoms with Crippen LogP contribution in [0.15, 0.2) is 0 Å². The van der Waals surface area contributed by atoms with Gasteiger partial charge < -0.3 is 5.73 Å². The fourth-order valence-corrected chi connectivity index (χ4v) is 4.31. The summed E-state index contributed by atoms with van der Waals surface area (Å²) in [6.45, 7) is 2.11. The van der Waals surface area contributed by atoms with Crippen molar-refractivity contribution in [2.45, 2.75) is 63.3 Å². The van der Waals surface area contributed by atoms with Gasteiger partial charge in [0.05, 0.1) is 5.54 Å². The molecule has 5 nitrogen and oxygen atoms in total. The van der Waals surface area contributed by atoms with Crippen molar-refractivity contribution < 1.29 is 0 Å². The molecule has 2 N–H and O–H groups in total. The third-order valence-electron chi connectivity index (χ3n) is 4.87. The third kappa shape index (κ3) is 1.97. The van der Waals surface area contributed by atoms with Crippen molar-refractivity contribution in [3.05, 3.63) is 10.8 Å². The molecule has 2 aromatic rings. The summed E-state index contributed by atoms with van der Waals surface area (Å²) in [6, 6.07) is 0. The Morgan fingerprint density at radius 2 is 1.90 bits per heavy atom. The predicted octanol–water partition coefficient (Wildman–Crippen LogP) is 2.82. The Hall–Kier alpha value is -1.01. The first-order valence-electron chi connectivity index (χ1n) is 7.68. The molecule has 6 heteroatoms. The van der Waals surface area contributed by atoms with Gasteiger partial charge >= 0.3 is 0 Å². The Morgan fingerprint density at radius 1 is 1.15 bits per heavy atom. The van der Waals surface area contributed by atoms with E-state index in [0.717, 1.165) is 15.8 Å². The highest BCUT2D eigenvalue weighted by atomic mass is 32.1. The van der Waals surface area contributed by atoms with Crippen molar-refractivity contribution in [3.63, 3.8) is 0 Å². The first kappa shape index (κ1) is 12.7. The van der Waals surface area contributed by atoms with Crippen LogP contribution >= 0.6 is 11.3 Å². The van der Waals surface area contributed by atoms with Gasteiger partial charge in [0.2, 0.25) is 4.96 Å². The Bertz CT molecular complexity index is 619. The van der Waals surface area contributed by atoms with E-state index in [4.69, 9.17) is 10.8 Å². The second-order valence-corrected chi connectivity index (χ2v) is 7.51. The summed E-state index contributed by atoms with van der Waals surface area (Å²) in [5.74, 6) is 2.16. The summed E-state index contributed by atoms with van der Waals surface area (Å²) < 4.78 is 1.96. The number of aromatic nitrogens is 4. The van der Waals surface area contributed by atoms with Crippen LogP contribution in [0.4, 0.5) is 0 Å². The molecule has 2 aliphatic carbocycles. The van der Waals surface area contributed by atoms with Crippen LogP contribution in [0.5, 0.6) is 0 Å². The molecule has 108 valence electrons. The number of rotatable bonds is 3. The van der Waals surface area contributed by atoms with Gasteiger partial charge in [-0.3, -0.25) is 0 Å². The second kappa shape index (κ2) is 4.49. The van der Waals surface area contributed by atoms with Gasteiger partial charge in [-0.1, -0.05) is 30.6 Å². The van der Waals surface area contributed by atoms with Gasteiger partial charge in [-0.25, -0.2) is 0 Å². The van der Waals surface area contributed by atoms with E-state index in [0.29, 0.717) is 11.8 Å². The maximum absolute atomic E-state index is 6.48. The van der Waals surface area contributed by atoms with Crippen LogP contribution in [0.1, 0.15) is 68.6 Å². The highest BCUT2D eigenvalue weighted by molar-refractivity contribution is 7.16. The first-order valence-corrected chi connectivity index (χ1v) is 8.49. The van der Waals surface area contributed by atoms with Crippen LogP contribution in [0.3, 0.4) is 0 Å². The van der Waals surface area contributed by atoms with Gasteiger partial charge in [-0.2, -0.15) is 9.61 Å². The molecule has 2 saturated carbocycles. The van der Waals surface area contributed by atoms with E-state index in [1.165, 1.54) is 44.9 Å². The minimum absolute atomic E-state index is 0.296. The fourth-order valence-electron chi connectivity index (χ4n) is 3.32. The van der Waals surface area contributed by atoms with Crippen LogP contribution < -0.4 is 5.73 Å². The standard InChI is InChI=1S/C14H21N5S/c1-14(15,10-7-8-10)12-18-19-11(16-17-13(19)20-12)9-5-3-2-4-6-9/h9-10H,2-8,15H2,1H3. The second-order valence-electron chi connectivity index (χ2n) is 6.55. The SMILES string of the molecule is CC(N)(c1nn2c(C3CCCCC3)nnc2s1)C1CC1. The molecule has 0 saturated heterocycles. The Kier molecular flexibility index (Phi) is 2.86. The average Bonchev–Trinajstić information content (AvgIpc) is 3.11. The van der Waals surface area contributed by atoms with Crippen LogP contribution in [0, 0.1) is 5.92 Å². The molecule has 0 amide bonds. The maximum atomic E-state index is 6.48. The van der Waals surface area contributed by atoms with Crippen molar-refractivity contribution in [1.82, 2.24) is 19.8 Å².